The lowest BCUT2D eigenvalue weighted by atomic mass is 10.0. The number of phosphoric acid groups is 1. The van der Waals surface area contributed by atoms with Crippen LogP contribution in [0.5, 0.6) is 0 Å². The lowest BCUT2D eigenvalue weighted by Crippen LogP contribution is -2.37. The third kappa shape index (κ3) is 41.1. The molecule has 0 N–H and O–H groups in total. The van der Waals surface area contributed by atoms with E-state index in [0.717, 1.165) is 57.8 Å². The Kier molecular flexibility index (Phi) is 36.3. The van der Waals surface area contributed by atoms with Crippen LogP contribution < -0.4 is 4.89 Å². The fourth-order valence-electron chi connectivity index (χ4n) is 5.49. The largest absolute Gasteiger partial charge is 0.756 e. The molecule has 0 spiro atoms. The number of esters is 2. The maximum Gasteiger partial charge on any atom is 0.306 e. The van der Waals surface area contributed by atoms with Crippen LogP contribution in [0, 0.1) is 0 Å². The van der Waals surface area contributed by atoms with E-state index in [2.05, 4.69) is 68.2 Å². The molecule has 0 saturated heterocycles. The molecule has 0 aliphatic rings. The normalized spacial score (nSPS) is 14.1. The van der Waals surface area contributed by atoms with E-state index in [9.17, 15) is 19.0 Å². The van der Waals surface area contributed by atoms with Crippen molar-refractivity contribution in [2.24, 2.45) is 0 Å². The predicted octanol–water partition coefficient (Wildman–Crippen LogP) is 11.6. The highest BCUT2D eigenvalue weighted by molar-refractivity contribution is 7.45. The number of hydrogen-bond acceptors (Lipinski definition) is 8. The number of phosphoric ester groups is 1. The summed E-state index contributed by atoms with van der Waals surface area (Å²) in [7, 11) is 1.12. The van der Waals surface area contributed by atoms with Crippen LogP contribution in [0.25, 0.3) is 0 Å². The summed E-state index contributed by atoms with van der Waals surface area (Å²) in [5.74, 6) is -0.911. The van der Waals surface area contributed by atoms with Gasteiger partial charge in [-0.05, 0) is 64.2 Å². The maximum atomic E-state index is 12.6. The Morgan fingerprint density at radius 2 is 1.07 bits per heavy atom. The number of likely N-dealkylation sites (N-methyl/N-ethyl adjacent to an activating group) is 1. The van der Waals surface area contributed by atoms with Crippen molar-refractivity contribution in [1.82, 2.24) is 0 Å². The minimum absolute atomic E-state index is 0.0452. The molecule has 9 nitrogen and oxygen atoms in total. The zero-order valence-corrected chi connectivity index (χ0v) is 36.8. The van der Waals surface area contributed by atoms with Crippen molar-refractivity contribution in [3.05, 3.63) is 73.4 Å². The van der Waals surface area contributed by atoms with Crippen molar-refractivity contribution in [2.75, 3.05) is 47.5 Å². The highest BCUT2D eigenvalue weighted by Gasteiger charge is 2.21. The molecule has 56 heavy (non-hydrogen) atoms. The number of rotatable bonds is 39. The summed E-state index contributed by atoms with van der Waals surface area (Å²) in [5, 5.41) is 0. The predicted molar refractivity (Wildman–Crippen MR) is 231 cm³/mol. The molecule has 10 heteroatoms. The van der Waals surface area contributed by atoms with Crippen molar-refractivity contribution in [1.29, 1.82) is 0 Å². The average Bonchev–Trinajstić information content (AvgIpc) is 3.15. The van der Waals surface area contributed by atoms with E-state index < -0.39 is 32.5 Å². The molecule has 1 unspecified atom stereocenters. The lowest BCUT2D eigenvalue weighted by Gasteiger charge is -2.28. The van der Waals surface area contributed by atoms with Crippen LogP contribution in [0.2, 0.25) is 0 Å². The van der Waals surface area contributed by atoms with E-state index in [1.54, 1.807) is 0 Å². The molecule has 0 fully saturated rings. The van der Waals surface area contributed by atoms with Gasteiger partial charge in [0.1, 0.15) is 19.8 Å². The number of nitrogens with zero attached hydrogens (tertiary/aromatic N) is 1. The van der Waals surface area contributed by atoms with Gasteiger partial charge in [-0.1, -0.05) is 144 Å². The van der Waals surface area contributed by atoms with Crippen LogP contribution >= 0.6 is 7.82 Å². The molecule has 0 aliphatic carbocycles. The van der Waals surface area contributed by atoms with Crippen molar-refractivity contribution in [2.45, 2.75) is 161 Å². The van der Waals surface area contributed by atoms with Crippen LogP contribution in [0.15, 0.2) is 73.4 Å². The molecule has 0 radical (unpaired) electrons. The van der Waals surface area contributed by atoms with Gasteiger partial charge >= 0.3 is 11.9 Å². The van der Waals surface area contributed by atoms with E-state index in [1.165, 1.54) is 64.2 Å². The number of unbranched alkanes of at least 4 members (excludes halogenated alkanes) is 14. The van der Waals surface area contributed by atoms with Crippen LogP contribution in [-0.2, 0) is 32.7 Å². The molecule has 0 aromatic heterocycles. The Morgan fingerprint density at radius 1 is 0.607 bits per heavy atom. The first-order valence-corrected chi connectivity index (χ1v) is 23.1. The second kappa shape index (κ2) is 38.0. The van der Waals surface area contributed by atoms with Crippen LogP contribution in [0.4, 0.5) is 0 Å². The van der Waals surface area contributed by atoms with Crippen molar-refractivity contribution in [3.8, 4) is 0 Å². The molecule has 0 aromatic rings. The smallest absolute Gasteiger partial charge is 0.306 e. The number of carbonyl (C=O) groups is 2. The summed E-state index contributed by atoms with van der Waals surface area (Å²) in [6, 6.07) is 0. The molecule has 0 saturated carbocycles. The van der Waals surface area contributed by atoms with Gasteiger partial charge in [-0.25, -0.2) is 0 Å². The number of hydrogen-bond donors (Lipinski definition) is 0. The zero-order chi connectivity index (χ0) is 41.4. The molecule has 0 amide bonds. The van der Waals surface area contributed by atoms with Gasteiger partial charge in [-0.2, -0.15) is 0 Å². The van der Waals surface area contributed by atoms with Crippen LogP contribution in [0.3, 0.4) is 0 Å². The van der Waals surface area contributed by atoms with Gasteiger partial charge in [0.25, 0.3) is 7.82 Å². The number of quaternary nitrogens is 1. The fourth-order valence-corrected chi connectivity index (χ4v) is 6.22. The molecule has 0 rings (SSSR count). The van der Waals surface area contributed by atoms with E-state index in [1.807, 2.05) is 33.3 Å². The van der Waals surface area contributed by atoms with Gasteiger partial charge in [0.05, 0.1) is 27.7 Å². The summed E-state index contributed by atoms with van der Waals surface area (Å²) in [6.07, 6.45) is 45.4. The molecular weight excluding hydrogens is 725 g/mol. The molecule has 0 bridgehead atoms. The first-order valence-electron chi connectivity index (χ1n) is 21.6. The molecule has 0 aromatic carbocycles. The second-order valence-electron chi connectivity index (χ2n) is 15.4. The Bertz CT molecular complexity index is 1170. The van der Waals surface area contributed by atoms with E-state index in [-0.39, 0.29) is 26.1 Å². The molecule has 322 valence electrons. The third-order valence-electron chi connectivity index (χ3n) is 8.86. The summed E-state index contributed by atoms with van der Waals surface area (Å²) in [6.45, 7) is 5.55. The summed E-state index contributed by atoms with van der Waals surface area (Å²) < 4.78 is 33.8. The lowest BCUT2D eigenvalue weighted by molar-refractivity contribution is -0.870. The van der Waals surface area contributed by atoms with Crippen molar-refractivity contribution >= 4 is 19.8 Å². The van der Waals surface area contributed by atoms with Crippen molar-refractivity contribution < 1.29 is 42.1 Å². The van der Waals surface area contributed by atoms with E-state index >= 15 is 0 Å². The minimum Gasteiger partial charge on any atom is -0.756 e. The highest BCUT2D eigenvalue weighted by Crippen LogP contribution is 2.38. The van der Waals surface area contributed by atoms with Gasteiger partial charge in [0, 0.05) is 12.8 Å². The number of ether oxygens (including phenoxy) is 2. The summed E-state index contributed by atoms with van der Waals surface area (Å²) in [5.41, 5.74) is 0. The maximum absolute atomic E-state index is 12.6. The minimum atomic E-state index is -4.64. The topological polar surface area (TPSA) is 111 Å². The molecule has 0 aliphatic heterocycles. The third-order valence-corrected chi connectivity index (χ3v) is 9.82. The van der Waals surface area contributed by atoms with Crippen molar-refractivity contribution in [3.63, 3.8) is 0 Å². The first kappa shape index (κ1) is 53.5. The monoisotopic (exact) mass is 806 g/mol. The SMILES string of the molecule is C=CCCCCCCCCCCCCCCCC(=O)OC[C@H](COP(=O)([O-])OCC[N+](C)(C)C)OC(=O)CCC/C=C/C/C=C/C/C=C/C/C=C/C/C=C/CC. The van der Waals surface area contributed by atoms with Gasteiger partial charge in [-0.3, -0.25) is 14.2 Å². The van der Waals surface area contributed by atoms with Crippen LogP contribution in [-0.4, -0.2) is 70.0 Å². The van der Waals surface area contributed by atoms with Crippen LogP contribution in [0.1, 0.15) is 155 Å². The van der Waals surface area contributed by atoms with E-state index in [0.29, 0.717) is 23.9 Å². The van der Waals surface area contributed by atoms with Gasteiger partial charge in [-0.15, -0.1) is 6.58 Å². The quantitative estimate of drug-likeness (QED) is 0.0198. The first-order chi connectivity index (χ1) is 27.0. The number of allylic oxidation sites excluding steroid dienone is 11. The Morgan fingerprint density at radius 3 is 1.57 bits per heavy atom. The molecular formula is C46H80NO8P. The summed E-state index contributed by atoms with van der Waals surface area (Å²) >= 11 is 0. The number of carbonyl (C=O) groups excluding carboxylic acids is 2. The summed E-state index contributed by atoms with van der Waals surface area (Å²) in [4.78, 5) is 37.5. The zero-order valence-electron chi connectivity index (χ0n) is 35.9. The average molecular weight is 806 g/mol. The van der Waals surface area contributed by atoms with Gasteiger partial charge < -0.3 is 27.9 Å². The molecule has 2 atom stereocenters. The standard InChI is InChI=1S/C46H80NO8P/c1-6-8-10-12-14-16-18-20-22-23-25-27-29-31-33-35-37-39-46(49)55-44(43-54-56(50,51)53-41-40-47(3,4)5)42-52-45(48)38-36-34-32-30-28-26-24-21-19-17-15-13-11-9-7-2/h7-8,10,14,16,20,22,25,27,31,33,44H,2,6,9,11-13,15,17-19,21,23-24,26,28-30,32,34-43H2,1,3-5H3/b10-8+,16-14+,22-20+,27-25+,33-31+/t44-/m1/s1. The van der Waals surface area contributed by atoms with Gasteiger partial charge in [0.15, 0.2) is 6.10 Å². The Hall–Kier alpha value is -2.55. The molecule has 0 heterocycles. The van der Waals surface area contributed by atoms with Gasteiger partial charge in [0.2, 0.25) is 0 Å². The second-order valence-corrected chi connectivity index (χ2v) is 16.8. The Balaban J connectivity index is 4.46. The Labute approximate surface area is 342 Å². The van der Waals surface area contributed by atoms with E-state index in [4.69, 9.17) is 18.5 Å². The highest BCUT2D eigenvalue weighted by atomic mass is 31.2. The fraction of sp³-hybridized carbons (Fsp3) is 0.696.